The third kappa shape index (κ3) is 8.66. The molecule has 31 heavy (non-hydrogen) atoms. The zero-order chi connectivity index (χ0) is 22.9. The van der Waals surface area contributed by atoms with Crippen LogP contribution in [0, 0.1) is 0 Å². The minimum atomic E-state index is -1.05. The van der Waals surface area contributed by atoms with Gasteiger partial charge in [-0.2, -0.15) is 0 Å². The van der Waals surface area contributed by atoms with E-state index in [1.807, 2.05) is 0 Å². The molecule has 0 heterocycles. The van der Waals surface area contributed by atoms with E-state index in [1.165, 1.54) is 14.9 Å². The average Bonchev–Trinajstić information content (AvgIpc) is 2.77. The van der Waals surface area contributed by atoms with Gasteiger partial charge in [0.15, 0.2) is 5.75 Å². The van der Waals surface area contributed by atoms with Crippen molar-refractivity contribution in [2.45, 2.75) is 6.82 Å². The van der Waals surface area contributed by atoms with Gasteiger partial charge >= 0.3 is 75.3 Å². The zero-order valence-corrected chi connectivity index (χ0v) is 15.1. The van der Waals surface area contributed by atoms with Crippen LogP contribution in [0.2, 0.25) is 6.82 Å². The molecule has 1 aromatic carbocycles. The number of hydrogen-bond acceptors (Lipinski definition) is 22. The molecular weight excluding hydrogens is 440 g/mol. The first kappa shape index (κ1) is 24.0. The Labute approximate surface area is 169 Å². The van der Waals surface area contributed by atoms with E-state index in [4.69, 9.17) is 0 Å². The van der Waals surface area contributed by atoms with Gasteiger partial charge < -0.3 is 25.3 Å². The molecule has 0 atom stereocenters. The Balaban J connectivity index is 2.16. The fraction of sp³-hybridized carbons (Fsp3) is 0.143. The number of benzene rings is 1. The van der Waals surface area contributed by atoms with Gasteiger partial charge in [-0.15, -0.1) is 9.98 Å². The maximum atomic E-state index is 9.59. The molecular formula is C7H9B2N9O13. The van der Waals surface area contributed by atoms with E-state index < -0.39 is 28.7 Å². The van der Waals surface area contributed by atoms with Crippen LogP contribution in [-0.2, 0) is 39.9 Å². The zero-order valence-electron chi connectivity index (χ0n) is 15.1. The van der Waals surface area contributed by atoms with Crippen molar-refractivity contribution in [1.82, 2.24) is 0 Å². The summed E-state index contributed by atoms with van der Waals surface area (Å²) >= 11 is 0. The van der Waals surface area contributed by atoms with E-state index in [0.717, 1.165) is 0 Å². The van der Waals surface area contributed by atoms with Gasteiger partial charge in [0.2, 0.25) is 23.0 Å². The van der Waals surface area contributed by atoms with Crippen LogP contribution in [0.4, 0.5) is 0 Å². The number of aromatic hydroxyl groups is 4. The number of phenolic OH excluding ortho intramolecular Hbond substituents is 4. The molecule has 0 aromatic heterocycles. The molecule has 24 heteroatoms. The van der Waals surface area contributed by atoms with Gasteiger partial charge in [-0.3, -0.25) is 0 Å². The van der Waals surface area contributed by atoms with Gasteiger partial charge in [0, 0.05) is 5.46 Å². The Morgan fingerprint density at radius 1 is 0.581 bits per heavy atom. The fourth-order valence-electron chi connectivity index (χ4n) is 1.23. The van der Waals surface area contributed by atoms with Crippen molar-refractivity contribution in [2.75, 3.05) is 0 Å². The Hall–Kier alpha value is -5.05. The summed E-state index contributed by atoms with van der Waals surface area (Å²) in [7, 11) is 2.49. The standard InChI is InChI=1S/C7H9B2N9O13/c1-9-10-24-25-13-14-28-29-17-18-31-30-16-15-27-26-12-11-23-7-2(8)3(19)4(20)5(21)6(7)22/h19-22H,8H2,1H3/b12-11+,14-13+,16-15+,18-17+. The summed E-state index contributed by atoms with van der Waals surface area (Å²) in [5, 5.41) is 63.0. The normalized spacial score (nSPS) is 11.1. The molecule has 0 saturated carbocycles. The molecule has 0 amide bonds. The Bertz CT molecular complexity index is 807. The van der Waals surface area contributed by atoms with E-state index >= 15 is 0 Å². The topological polar surface area (TPSA) is 275 Å². The third-order valence-corrected chi connectivity index (χ3v) is 2.36. The summed E-state index contributed by atoms with van der Waals surface area (Å²) < 4.78 is 0. The van der Waals surface area contributed by atoms with Gasteiger partial charge in [0.1, 0.15) is 18.4 Å². The van der Waals surface area contributed by atoms with Crippen molar-refractivity contribution in [3.05, 3.63) is 0 Å². The number of nitrogens with zero attached hydrogens (tertiary/aromatic N) is 9. The molecule has 0 spiro atoms. The van der Waals surface area contributed by atoms with Crippen molar-refractivity contribution in [2.24, 2.45) is 47.3 Å². The summed E-state index contributed by atoms with van der Waals surface area (Å²) in [6.45, 7) is 1.55. The molecule has 0 fully saturated rings. The molecule has 0 aliphatic rings. The molecule has 1 aromatic rings. The first-order valence-corrected chi connectivity index (χ1v) is 7.04. The predicted molar refractivity (Wildman–Crippen MR) is 84.1 cm³/mol. The Morgan fingerprint density at radius 2 is 0.968 bits per heavy atom. The first-order chi connectivity index (χ1) is 15.0. The van der Waals surface area contributed by atoms with Gasteiger partial charge in [-0.25, -0.2) is 0 Å². The minimum absolute atomic E-state index is 0.173. The molecule has 0 saturated heterocycles. The average molecular weight is 449 g/mol. The van der Waals surface area contributed by atoms with Crippen LogP contribution >= 0.6 is 0 Å². The van der Waals surface area contributed by atoms with Crippen LogP contribution < -0.4 is 10.3 Å². The van der Waals surface area contributed by atoms with Crippen molar-refractivity contribution in [3.63, 3.8) is 0 Å². The van der Waals surface area contributed by atoms with Crippen molar-refractivity contribution >= 4 is 20.4 Å². The fourth-order valence-corrected chi connectivity index (χ4v) is 1.23. The summed E-state index contributed by atoms with van der Waals surface area (Å²) in [6, 6.07) is 0. The molecule has 0 bridgehead atoms. The van der Waals surface area contributed by atoms with Crippen molar-refractivity contribution in [1.29, 1.82) is 0 Å². The van der Waals surface area contributed by atoms with E-state index in [9.17, 15) is 20.4 Å². The number of hydrogen-bond donors (Lipinski definition) is 4. The second-order valence-corrected chi connectivity index (χ2v) is 4.05. The first-order valence-electron chi connectivity index (χ1n) is 7.04. The summed E-state index contributed by atoms with van der Waals surface area (Å²) in [5.74, 6) is -4.22. The van der Waals surface area contributed by atoms with Gasteiger partial charge in [-0.1, -0.05) is 0 Å². The summed E-state index contributed by atoms with van der Waals surface area (Å²) in [6.07, 6.45) is 0. The second kappa shape index (κ2) is 14.0. The number of phenols is 4. The Morgan fingerprint density at radius 3 is 1.42 bits per heavy atom. The van der Waals surface area contributed by atoms with Crippen LogP contribution in [0.1, 0.15) is 0 Å². The molecule has 22 nitrogen and oxygen atoms in total. The molecule has 0 aliphatic carbocycles. The van der Waals surface area contributed by atoms with Crippen LogP contribution in [0.15, 0.2) is 47.3 Å². The van der Waals surface area contributed by atoms with Crippen LogP contribution in [0.25, 0.3) is 0 Å². The SMILES string of the molecule is Bc1c(O)c(O)c(O)c(O)c1O/N=N/OO/N=N/OO/N=N/OO/N=N/OO/N=B/C. The van der Waals surface area contributed by atoms with E-state index in [-0.39, 0.29) is 5.46 Å². The van der Waals surface area contributed by atoms with Crippen LogP contribution in [0.5, 0.6) is 28.7 Å². The van der Waals surface area contributed by atoms with Crippen LogP contribution in [0.3, 0.4) is 0 Å². The quantitative estimate of drug-likeness (QED) is 0.0551. The summed E-state index contributed by atoms with van der Waals surface area (Å²) in [5.41, 5.74) is -0.173. The molecule has 0 radical (unpaired) electrons. The second-order valence-electron chi connectivity index (χ2n) is 4.05. The predicted octanol–water partition coefficient (Wildman–Crippen LogP) is -0.0813. The van der Waals surface area contributed by atoms with Gasteiger partial charge in [-0.05, 0) is 0 Å². The van der Waals surface area contributed by atoms with Crippen LogP contribution in [-0.4, -0.2) is 35.3 Å². The van der Waals surface area contributed by atoms with Gasteiger partial charge in [0.05, 0.1) is 5.28 Å². The summed E-state index contributed by atoms with van der Waals surface area (Å²) in [4.78, 5) is 35.9. The molecule has 0 unspecified atom stereocenters. The monoisotopic (exact) mass is 449 g/mol. The van der Waals surface area contributed by atoms with E-state index in [2.05, 4.69) is 92.0 Å². The van der Waals surface area contributed by atoms with Gasteiger partial charge in [0.25, 0.3) is 0 Å². The van der Waals surface area contributed by atoms with Crippen molar-refractivity contribution < 1.29 is 65.2 Å². The van der Waals surface area contributed by atoms with E-state index in [1.54, 1.807) is 6.82 Å². The Kier molecular flexibility index (Phi) is 10.8. The molecule has 0 aliphatic heterocycles. The molecule has 4 N–H and O–H groups in total. The van der Waals surface area contributed by atoms with E-state index in [0.29, 0.717) is 0 Å². The number of rotatable bonds is 14. The third-order valence-electron chi connectivity index (χ3n) is 2.36. The molecule has 1 rings (SSSR count). The molecule has 166 valence electrons. The maximum absolute atomic E-state index is 9.59. The van der Waals surface area contributed by atoms with Crippen molar-refractivity contribution in [3.8, 4) is 28.7 Å².